The van der Waals surface area contributed by atoms with Crippen molar-refractivity contribution in [3.05, 3.63) is 44.6 Å². The fourth-order valence-corrected chi connectivity index (χ4v) is 2.69. The fraction of sp³-hybridized carbons (Fsp3) is 0. The van der Waals surface area contributed by atoms with Gasteiger partial charge in [-0.3, -0.25) is 0 Å². The van der Waals surface area contributed by atoms with Crippen LogP contribution in [0.2, 0.25) is 10.0 Å². The summed E-state index contributed by atoms with van der Waals surface area (Å²) >= 11 is 12.9. The first kappa shape index (κ1) is 11.5. The minimum absolute atomic E-state index is 0.290. The monoisotopic (exact) mass is 272 g/mol. The third-order valence-corrected chi connectivity index (χ3v) is 3.37. The quantitative estimate of drug-likeness (QED) is 0.879. The molecule has 0 aliphatic carbocycles. The zero-order chi connectivity index (χ0) is 11.7. The summed E-state index contributed by atoms with van der Waals surface area (Å²) in [6.07, 6.45) is 0. The van der Waals surface area contributed by atoms with E-state index >= 15 is 0 Å². The molecule has 0 aliphatic heterocycles. The molecule has 2 rings (SSSR count). The molecule has 5 heteroatoms. The van der Waals surface area contributed by atoms with Gasteiger partial charge in [0.25, 0.3) is 0 Å². The van der Waals surface area contributed by atoms with E-state index in [1.54, 1.807) is 29.6 Å². The molecule has 1 heterocycles. The van der Waals surface area contributed by atoms with Gasteiger partial charge in [-0.1, -0.05) is 23.2 Å². The maximum atomic E-state index is 11.0. The lowest BCUT2D eigenvalue weighted by Crippen LogP contribution is -1.94. The van der Waals surface area contributed by atoms with Gasteiger partial charge in [0.05, 0.1) is 0 Å². The van der Waals surface area contributed by atoms with Gasteiger partial charge in [-0.05, 0) is 35.2 Å². The van der Waals surface area contributed by atoms with Gasteiger partial charge in [-0.2, -0.15) is 0 Å². The first-order valence-electron chi connectivity index (χ1n) is 4.35. The van der Waals surface area contributed by atoms with Crippen LogP contribution in [0.25, 0.3) is 11.1 Å². The molecule has 0 radical (unpaired) electrons. The van der Waals surface area contributed by atoms with Crippen LogP contribution in [0.1, 0.15) is 9.67 Å². The largest absolute Gasteiger partial charge is 0.477 e. The van der Waals surface area contributed by atoms with Crippen LogP contribution >= 0.6 is 34.5 Å². The van der Waals surface area contributed by atoms with Crippen LogP contribution in [-0.2, 0) is 0 Å². The second kappa shape index (κ2) is 4.45. The molecule has 0 fully saturated rings. The zero-order valence-corrected chi connectivity index (χ0v) is 10.2. The van der Waals surface area contributed by atoms with Crippen LogP contribution in [0.5, 0.6) is 0 Å². The maximum absolute atomic E-state index is 11.0. The van der Waals surface area contributed by atoms with Crippen molar-refractivity contribution in [3.8, 4) is 11.1 Å². The molecule has 2 aromatic rings. The summed E-state index contributed by atoms with van der Waals surface area (Å²) < 4.78 is 0. The van der Waals surface area contributed by atoms with Gasteiger partial charge in [0.15, 0.2) is 0 Å². The summed E-state index contributed by atoms with van der Waals surface area (Å²) in [7, 11) is 0. The number of thiophene rings is 1. The number of carbonyl (C=O) groups is 1. The third kappa shape index (κ3) is 2.21. The van der Waals surface area contributed by atoms with Crippen molar-refractivity contribution in [3.63, 3.8) is 0 Å². The number of hydrogen-bond acceptors (Lipinski definition) is 2. The summed E-state index contributed by atoms with van der Waals surface area (Å²) in [5, 5.41) is 11.7. The Morgan fingerprint density at radius 2 is 1.81 bits per heavy atom. The molecule has 1 aromatic heterocycles. The Kier molecular flexibility index (Phi) is 3.19. The van der Waals surface area contributed by atoms with E-state index in [0.29, 0.717) is 20.5 Å². The van der Waals surface area contributed by atoms with Crippen molar-refractivity contribution in [2.24, 2.45) is 0 Å². The van der Waals surface area contributed by atoms with Crippen molar-refractivity contribution in [1.29, 1.82) is 0 Å². The van der Waals surface area contributed by atoms with Crippen molar-refractivity contribution < 1.29 is 9.90 Å². The minimum atomic E-state index is -0.943. The molecule has 0 amide bonds. The number of benzene rings is 1. The summed E-state index contributed by atoms with van der Waals surface area (Å²) in [4.78, 5) is 11.3. The highest BCUT2D eigenvalue weighted by Gasteiger charge is 2.13. The van der Waals surface area contributed by atoms with E-state index in [0.717, 1.165) is 5.56 Å². The average molecular weight is 273 g/mol. The molecule has 0 bridgehead atoms. The topological polar surface area (TPSA) is 37.3 Å². The summed E-state index contributed by atoms with van der Waals surface area (Å²) in [5.74, 6) is -0.943. The molecule has 0 atom stereocenters. The summed E-state index contributed by atoms with van der Waals surface area (Å²) in [5.41, 5.74) is 1.36. The van der Waals surface area contributed by atoms with E-state index in [-0.39, 0.29) is 0 Å². The Morgan fingerprint density at radius 1 is 1.19 bits per heavy atom. The number of carboxylic acid groups (broad SMARTS) is 1. The first-order valence-corrected chi connectivity index (χ1v) is 5.99. The average Bonchev–Trinajstić information content (AvgIpc) is 2.63. The van der Waals surface area contributed by atoms with Crippen molar-refractivity contribution >= 4 is 40.5 Å². The molecular weight excluding hydrogens is 267 g/mol. The van der Waals surface area contributed by atoms with E-state index < -0.39 is 5.97 Å². The number of halogens is 2. The van der Waals surface area contributed by atoms with Crippen LogP contribution in [0.4, 0.5) is 0 Å². The van der Waals surface area contributed by atoms with Gasteiger partial charge in [0.1, 0.15) is 4.88 Å². The Bertz CT molecular complexity index is 528. The molecule has 2 nitrogen and oxygen atoms in total. The molecule has 0 unspecified atom stereocenters. The molecule has 0 saturated carbocycles. The number of hydrogen-bond donors (Lipinski definition) is 1. The van der Waals surface area contributed by atoms with Gasteiger partial charge in [-0.15, -0.1) is 11.3 Å². The molecule has 0 saturated heterocycles. The first-order chi connectivity index (χ1) is 7.58. The van der Waals surface area contributed by atoms with E-state index in [9.17, 15) is 4.79 Å². The van der Waals surface area contributed by atoms with Crippen molar-refractivity contribution in [2.75, 3.05) is 0 Å². The molecule has 16 heavy (non-hydrogen) atoms. The second-order valence-electron chi connectivity index (χ2n) is 3.13. The smallest absolute Gasteiger partial charge is 0.346 e. The molecular formula is C11H6Cl2O2S. The summed E-state index contributed by atoms with van der Waals surface area (Å²) in [6, 6.07) is 6.75. The third-order valence-electron chi connectivity index (χ3n) is 2.03. The van der Waals surface area contributed by atoms with Gasteiger partial charge >= 0.3 is 5.97 Å². The fourth-order valence-electron chi connectivity index (χ4n) is 1.41. The van der Waals surface area contributed by atoms with E-state index in [2.05, 4.69) is 0 Å². The standard InChI is InChI=1S/C11H6Cl2O2S/c12-7-3-6(4-8(13)5-7)9-1-2-16-10(9)11(14)15/h1-5H,(H,14,15). The van der Waals surface area contributed by atoms with Crippen LogP contribution in [0, 0.1) is 0 Å². The lowest BCUT2D eigenvalue weighted by atomic mass is 10.1. The highest BCUT2D eigenvalue weighted by Crippen LogP contribution is 2.32. The van der Waals surface area contributed by atoms with Crippen LogP contribution in [-0.4, -0.2) is 11.1 Å². The number of rotatable bonds is 2. The Labute approximate surface area is 106 Å². The SMILES string of the molecule is O=C(O)c1sccc1-c1cc(Cl)cc(Cl)c1. The maximum Gasteiger partial charge on any atom is 0.346 e. The molecule has 0 aliphatic rings. The molecule has 1 aromatic carbocycles. The molecule has 82 valence electrons. The highest BCUT2D eigenvalue weighted by molar-refractivity contribution is 7.12. The predicted molar refractivity (Wildman–Crippen MR) is 66.7 cm³/mol. The van der Waals surface area contributed by atoms with Gasteiger partial charge < -0.3 is 5.11 Å². The Hall–Kier alpha value is -1.03. The Morgan fingerprint density at radius 3 is 2.38 bits per heavy atom. The van der Waals surface area contributed by atoms with Crippen molar-refractivity contribution in [2.45, 2.75) is 0 Å². The minimum Gasteiger partial charge on any atom is -0.477 e. The lowest BCUT2D eigenvalue weighted by Gasteiger charge is -2.02. The van der Waals surface area contributed by atoms with Crippen molar-refractivity contribution in [1.82, 2.24) is 0 Å². The normalized spacial score (nSPS) is 10.4. The van der Waals surface area contributed by atoms with E-state index in [1.807, 2.05) is 0 Å². The van der Waals surface area contributed by atoms with Crippen LogP contribution in [0.15, 0.2) is 29.6 Å². The number of aromatic carboxylic acids is 1. The molecule has 0 spiro atoms. The molecule has 1 N–H and O–H groups in total. The lowest BCUT2D eigenvalue weighted by molar-refractivity contribution is 0.0703. The van der Waals surface area contributed by atoms with Gasteiger partial charge in [0, 0.05) is 15.6 Å². The zero-order valence-electron chi connectivity index (χ0n) is 7.91. The van der Waals surface area contributed by atoms with E-state index in [1.165, 1.54) is 11.3 Å². The van der Waals surface area contributed by atoms with Gasteiger partial charge in [-0.25, -0.2) is 4.79 Å². The highest BCUT2D eigenvalue weighted by atomic mass is 35.5. The van der Waals surface area contributed by atoms with E-state index in [4.69, 9.17) is 28.3 Å². The summed E-state index contributed by atoms with van der Waals surface area (Å²) in [6.45, 7) is 0. The van der Waals surface area contributed by atoms with Crippen LogP contribution in [0.3, 0.4) is 0 Å². The Balaban J connectivity index is 2.58. The van der Waals surface area contributed by atoms with Gasteiger partial charge in [0.2, 0.25) is 0 Å². The number of carboxylic acids is 1. The second-order valence-corrected chi connectivity index (χ2v) is 4.92. The van der Waals surface area contributed by atoms with Crippen LogP contribution < -0.4 is 0 Å². The predicted octanol–water partition coefficient (Wildman–Crippen LogP) is 4.42.